The molecule has 3 rings (SSSR count). The molecular weight excluding hydrogens is 625 g/mol. The Labute approximate surface area is 267 Å². The standard InChI is InChI=1S/C29H38N5O11P/c1-29(2,3)20-11-10-19(18-23(20)34(40)41)30-27(38)22-8-7-16-32(22)28(39)21(14-17-43-44-45-46-42)31-24(35)9-5-4-6-15-33-25(36)12-13-26(33)37/h10-13,18,21-22H,4-9,14-17H2,1-3H3,(H,30,38)(H,31,35)/t21-,22-/m0/s1. The molecule has 17 heteroatoms. The van der Waals surface area contributed by atoms with E-state index in [1.165, 1.54) is 23.1 Å². The predicted molar refractivity (Wildman–Crippen MR) is 162 cm³/mol. The zero-order valence-corrected chi connectivity index (χ0v) is 26.8. The highest BCUT2D eigenvalue weighted by molar-refractivity contribution is 7.17. The van der Waals surface area contributed by atoms with Gasteiger partial charge >= 0.3 is 8.69 Å². The Morgan fingerprint density at radius 2 is 1.85 bits per heavy atom. The van der Waals surface area contributed by atoms with Crippen LogP contribution in [0, 0.1) is 10.1 Å². The van der Waals surface area contributed by atoms with Crippen molar-refractivity contribution in [2.75, 3.05) is 25.0 Å². The van der Waals surface area contributed by atoms with Crippen LogP contribution in [0.4, 0.5) is 11.4 Å². The summed E-state index contributed by atoms with van der Waals surface area (Å²) in [5, 5.41) is 21.3. The SMILES string of the molecule is CC(C)(C)c1ccc(NC(=O)[C@@H]2CCCN2C(=O)[C@H](CCOOOP=O)NC(=O)CCCCCN2C(=O)C=CC2=O)cc1[N+](=O)[O-]. The maximum Gasteiger partial charge on any atom is 0.361 e. The lowest BCUT2D eigenvalue weighted by Crippen LogP contribution is -2.52. The number of carbonyl (C=O) groups is 5. The van der Waals surface area contributed by atoms with Gasteiger partial charge in [0.1, 0.15) is 12.1 Å². The van der Waals surface area contributed by atoms with Gasteiger partial charge in [-0.25, -0.2) is 9.45 Å². The summed E-state index contributed by atoms with van der Waals surface area (Å²) in [4.78, 5) is 81.5. The molecule has 1 aromatic rings. The molecule has 0 aromatic heterocycles. The zero-order valence-electron chi connectivity index (χ0n) is 25.9. The van der Waals surface area contributed by atoms with E-state index in [2.05, 4.69) is 20.3 Å². The number of imide groups is 1. The summed E-state index contributed by atoms with van der Waals surface area (Å²) < 4.78 is 14.5. The zero-order chi connectivity index (χ0) is 33.9. The first-order chi connectivity index (χ1) is 21.8. The molecule has 1 fully saturated rings. The third kappa shape index (κ3) is 10.2. The number of hydrogen-bond donors (Lipinski definition) is 2. The monoisotopic (exact) mass is 663 g/mol. The smallest absolute Gasteiger partial charge is 0.344 e. The topological polar surface area (TPSA) is 204 Å². The van der Waals surface area contributed by atoms with E-state index >= 15 is 0 Å². The number of nitrogens with zero attached hydrogens (tertiary/aromatic N) is 3. The van der Waals surface area contributed by atoms with Gasteiger partial charge in [-0.1, -0.05) is 32.2 Å². The Bertz CT molecular complexity index is 1350. The first-order valence-corrected chi connectivity index (χ1v) is 15.6. The minimum absolute atomic E-state index is 0.0622. The highest BCUT2D eigenvalue weighted by atomic mass is 31.1. The van der Waals surface area contributed by atoms with E-state index in [0.29, 0.717) is 37.7 Å². The fourth-order valence-corrected chi connectivity index (χ4v) is 5.33. The summed E-state index contributed by atoms with van der Waals surface area (Å²) in [6.45, 7) is 5.79. The number of nitrogens with one attached hydrogen (secondary N) is 2. The van der Waals surface area contributed by atoms with Crippen LogP contribution in [0.15, 0.2) is 30.4 Å². The minimum atomic E-state index is -1.10. The average molecular weight is 664 g/mol. The van der Waals surface area contributed by atoms with Gasteiger partial charge in [0.25, 0.3) is 17.5 Å². The molecule has 0 bridgehead atoms. The van der Waals surface area contributed by atoms with E-state index in [4.69, 9.17) is 4.89 Å². The molecule has 1 aromatic carbocycles. The van der Waals surface area contributed by atoms with Crippen LogP contribution in [0.5, 0.6) is 0 Å². The van der Waals surface area contributed by atoms with Crippen molar-refractivity contribution in [3.63, 3.8) is 0 Å². The lowest BCUT2D eigenvalue weighted by Gasteiger charge is -2.28. The van der Waals surface area contributed by atoms with Gasteiger partial charge in [-0.3, -0.25) is 39.0 Å². The Morgan fingerprint density at radius 3 is 2.50 bits per heavy atom. The number of benzene rings is 1. The number of unbranched alkanes of at least 4 members (excludes halogenated alkanes) is 2. The van der Waals surface area contributed by atoms with Gasteiger partial charge in [0.2, 0.25) is 17.7 Å². The van der Waals surface area contributed by atoms with Crippen molar-refractivity contribution in [2.24, 2.45) is 0 Å². The number of amides is 5. The Hall–Kier alpha value is -4.11. The first kappa shape index (κ1) is 36.4. The molecule has 2 heterocycles. The molecule has 2 atom stereocenters. The summed E-state index contributed by atoms with van der Waals surface area (Å²) in [7, 11) is -0.788. The van der Waals surface area contributed by atoms with Crippen LogP contribution >= 0.6 is 8.69 Å². The van der Waals surface area contributed by atoms with Crippen LogP contribution in [-0.2, 0) is 48.6 Å². The second-order valence-electron chi connectivity index (χ2n) is 11.8. The molecular formula is C29H38N5O11P. The van der Waals surface area contributed by atoms with E-state index in [1.54, 1.807) is 12.1 Å². The fraction of sp³-hybridized carbons (Fsp3) is 0.552. The largest absolute Gasteiger partial charge is 0.361 e. The Balaban J connectivity index is 1.61. The molecule has 46 heavy (non-hydrogen) atoms. The molecule has 0 radical (unpaired) electrons. The van der Waals surface area contributed by atoms with Crippen molar-refractivity contribution in [2.45, 2.75) is 83.2 Å². The van der Waals surface area contributed by atoms with Gasteiger partial charge in [0, 0.05) is 55.4 Å². The average Bonchev–Trinajstić information content (AvgIpc) is 3.62. The molecule has 16 nitrogen and oxygen atoms in total. The van der Waals surface area contributed by atoms with E-state index in [0.717, 1.165) is 4.90 Å². The molecule has 0 aliphatic carbocycles. The summed E-state index contributed by atoms with van der Waals surface area (Å²) in [6.07, 6.45) is 4.75. The van der Waals surface area contributed by atoms with Gasteiger partial charge in [0.15, 0.2) is 0 Å². The maximum absolute atomic E-state index is 13.6. The van der Waals surface area contributed by atoms with Gasteiger partial charge in [0.05, 0.1) is 11.5 Å². The van der Waals surface area contributed by atoms with Crippen molar-refractivity contribution >= 4 is 49.6 Å². The van der Waals surface area contributed by atoms with Crippen LogP contribution < -0.4 is 10.6 Å². The van der Waals surface area contributed by atoms with E-state index in [9.17, 15) is 38.7 Å². The molecule has 0 spiro atoms. The fourth-order valence-electron chi connectivity index (χ4n) is 5.27. The quantitative estimate of drug-likeness (QED) is 0.0618. The highest BCUT2D eigenvalue weighted by Crippen LogP contribution is 2.33. The van der Waals surface area contributed by atoms with Crippen LogP contribution in [0.3, 0.4) is 0 Å². The normalized spacial score (nSPS) is 17.1. The minimum Gasteiger partial charge on any atom is -0.344 e. The van der Waals surface area contributed by atoms with Gasteiger partial charge in [-0.15, -0.1) is 4.67 Å². The predicted octanol–water partition coefficient (Wildman–Crippen LogP) is 3.27. The second kappa shape index (κ2) is 17.0. The molecule has 5 amide bonds. The Kier molecular flexibility index (Phi) is 13.4. The number of anilines is 1. The molecule has 2 aliphatic rings. The van der Waals surface area contributed by atoms with Crippen LogP contribution in [0.1, 0.15) is 71.3 Å². The van der Waals surface area contributed by atoms with Crippen molar-refractivity contribution in [3.8, 4) is 0 Å². The lowest BCUT2D eigenvalue weighted by atomic mass is 9.85. The Morgan fingerprint density at radius 1 is 1.13 bits per heavy atom. The van der Waals surface area contributed by atoms with Crippen molar-refractivity contribution in [1.29, 1.82) is 0 Å². The number of carbonyl (C=O) groups excluding carboxylic acids is 5. The summed E-state index contributed by atoms with van der Waals surface area (Å²) in [5.74, 6) is -2.24. The highest BCUT2D eigenvalue weighted by Gasteiger charge is 2.38. The molecule has 0 saturated carbocycles. The van der Waals surface area contributed by atoms with Crippen molar-refractivity contribution in [1.82, 2.24) is 15.1 Å². The molecule has 250 valence electrons. The van der Waals surface area contributed by atoms with E-state index in [-0.39, 0.29) is 55.7 Å². The van der Waals surface area contributed by atoms with Crippen LogP contribution in [0.2, 0.25) is 0 Å². The third-order valence-corrected chi connectivity index (χ3v) is 7.65. The van der Waals surface area contributed by atoms with Crippen LogP contribution in [-0.4, -0.2) is 76.0 Å². The molecule has 2 N–H and O–H groups in total. The van der Waals surface area contributed by atoms with Crippen LogP contribution in [0.25, 0.3) is 0 Å². The second-order valence-corrected chi connectivity index (χ2v) is 12.1. The van der Waals surface area contributed by atoms with Gasteiger partial charge in [-0.05, 0) is 43.2 Å². The third-order valence-electron chi connectivity index (χ3n) is 7.53. The number of hydrogen-bond acceptors (Lipinski definition) is 11. The van der Waals surface area contributed by atoms with Crippen molar-refractivity contribution < 1.29 is 48.1 Å². The molecule has 0 unspecified atom stereocenters. The summed E-state index contributed by atoms with van der Waals surface area (Å²) in [6, 6.07) is 2.47. The molecule has 1 saturated heterocycles. The number of rotatable bonds is 17. The van der Waals surface area contributed by atoms with Gasteiger partial charge < -0.3 is 15.5 Å². The van der Waals surface area contributed by atoms with Gasteiger partial charge in [-0.2, -0.15) is 0 Å². The lowest BCUT2D eigenvalue weighted by molar-refractivity contribution is -0.463. The first-order valence-electron chi connectivity index (χ1n) is 14.8. The van der Waals surface area contributed by atoms with E-state index < -0.39 is 48.8 Å². The molecule has 2 aliphatic heterocycles. The summed E-state index contributed by atoms with van der Waals surface area (Å²) in [5.41, 5.74) is 0.0879. The maximum atomic E-state index is 13.6. The van der Waals surface area contributed by atoms with E-state index in [1.807, 2.05) is 20.8 Å². The number of nitro groups is 1. The number of likely N-dealkylation sites (tertiary alicyclic amines) is 1. The van der Waals surface area contributed by atoms with Crippen molar-refractivity contribution in [3.05, 3.63) is 46.0 Å². The summed E-state index contributed by atoms with van der Waals surface area (Å²) >= 11 is 0. The number of nitro benzene ring substituents is 1.